The van der Waals surface area contributed by atoms with Gasteiger partial charge in [-0.3, -0.25) is 9.59 Å². The summed E-state index contributed by atoms with van der Waals surface area (Å²) in [6.45, 7) is 8.92. The van der Waals surface area contributed by atoms with Crippen LogP contribution in [0.15, 0.2) is 59.9 Å². The Kier molecular flexibility index (Phi) is 9.04. The summed E-state index contributed by atoms with van der Waals surface area (Å²) in [5, 5.41) is 11.9. The lowest BCUT2D eigenvalue weighted by Gasteiger charge is -2.29. The minimum atomic E-state index is -0.839. The van der Waals surface area contributed by atoms with Crippen LogP contribution in [0.25, 0.3) is 10.6 Å². The number of aliphatic hydroxyl groups excluding tert-OH is 1. The minimum Gasteiger partial charge on any atom is -0.503 e. The quantitative estimate of drug-likeness (QED) is 0.301. The van der Waals surface area contributed by atoms with Gasteiger partial charge in [0.15, 0.2) is 17.3 Å². The van der Waals surface area contributed by atoms with E-state index in [1.807, 2.05) is 30.3 Å². The van der Waals surface area contributed by atoms with Crippen LogP contribution in [-0.2, 0) is 4.79 Å². The van der Waals surface area contributed by atoms with Crippen molar-refractivity contribution in [2.75, 3.05) is 40.4 Å². The second-order valence-corrected chi connectivity index (χ2v) is 10.3. The molecule has 0 bridgehead atoms. The third-order valence-corrected chi connectivity index (χ3v) is 8.27. The van der Waals surface area contributed by atoms with Crippen molar-refractivity contribution in [3.05, 3.63) is 76.0 Å². The van der Waals surface area contributed by atoms with Crippen LogP contribution >= 0.6 is 11.3 Å². The maximum absolute atomic E-state index is 14.1. The van der Waals surface area contributed by atoms with E-state index in [0.717, 1.165) is 25.2 Å². The normalized spacial score (nSPS) is 15.4. The molecule has 1 aliphatic heterocycles. The first-order chi connectivity index (χ1) is 18.9. The number of methoxy groups -OCH3 is 2. The fourth-order valence-electron chi connectivity index (χ4n) is 5.00. The highest BCUT2D eigenvalue weighted by molar-refractivity contribution is 7.17. The van der Waals surface area contributed by atoms with Crippen molar-refractivity contribution in [3.63, 3.8) is 0 Å². The number of benzene rings is 2. The number of hydrogen-bond donors (Lipinski definition) is 1. The Hall–Kier alpha value is -3.69. The fourth-order valence-corrected chi connectivity index (χ4v) is 6.03. The molecule has 1 unspecified atom stereocenters. The van der Waals surface area contributed by atoms with Crippen LogP contribution in [0.4, 0.5) is 0 Å². The summed E-state index contributed by atoms with van der Waals surface area (Å²) in [4.78, 5) is 36.5. The fraction of sp³-hybridized carbons (Fsp3) is 0.367. The van der Waals surface area contributed by atoms with Gasteiger partial charge < -0.3 is 24.4 Å². The Morgan fingerprint density at radius 2 is 1.79 bits per heavy atom. The molecule has 1 N–H and O–H groups in total. The first kappa shape index (κ1) is 28.3. The van der Waals surface area contributed by atoms with Crippen LogP contribution in [0, 0.1) is 6.92 Å². The smallest absolute Gasteiger partial charge is 0.290 e. The number of para-hydroxylation sites is 1. The highest BCUT2D eigenvalue weighted by atomic mass is 32.1. The Morgan fingerprint density at radius 3 is 2.44 bits per heavy atom. The number of hydrogen-bond acceptors (Lipinski definition) is 8. The van der Waals surface area contributed by atoms with E-state index in [1.165, 1.54) is 25.6 Å². The topological polar surface area (TPSA) is 92.2 Å². The molecule has 2 aromatic carbocycles. The number of amides is 1. The SMILES string of the molecule is CCN(CC)CCCN1C(=O)C(O)=C(C(=O)c2sc(-c3ccccc3)nc2C)C1c1cccc(OC)c1OC. The molecule has 1 atom stereocenters. The van der Waals surface area contributed by atoms with Gasteiger partial charge in [0, 0.05) is 17.7 Å². The summed E-state index contributed by atoms with van der Waals surface area (Å²) in [6.07, 6.45) is 0.683. The maximum Gasteiger partial charge on any atom is 0.290 e. The van der Waals surface area contributed by atoms with Crippen molar-refractivity contribution >= 4 is 23.0 Å². The number of carbonyl (C=O) groups is 2. The third kappa shape index (κ3) is 5.55. The number of carbonyl (C=O) groups excluding carboxylic acids is 2. The molecule has 39 heavy (non-hydrogen) atoms. The number of rotatable bonds is 12. The number of aliphatic hydroxyl groups is 1. The number of nitrogens with zero attached hydrogens (tertiary/aromatic N) is 3. The summed E-state index contributed by atoms with van der Waals surface area (Å²) in [7, 11) is 3.06. The molecule has 0 saturated carbocycles. The zero-order valence-corrected chi connectivity index (χ0v) is 23.9. The molecular formula is C30H35N3O5S. The lowest BCUT2D eigenvalue weighted by molar-refractivity contribution is -0.129. The highest BCUT2D eigenvalue weighted by Crippen LogP contribution is 2.46. The molecule has 0 radical (unpaired) electrons. The standard InChI is InChI=1S/C30H35N3O5S/c1-6-32(7-2)17-12-18-33-24(21-15-11-16-22(37-4)27(21)38-5)23(26(35)30(33)36)25(34)28-19(3)31-29(39-28)20-13-9-8-10-14-20/h8-11,13-16,24,35H,6-7,12,17-18H2,1-5H3. The molecule has 206 valence electrons. The van der Waals surface area contributed by atoms with Crippen molar-refractivity contribution in [2.24, 2.45) is 0 Å². The van der Waals surface area contributed by atoms with Crippen molar-refractivity contribution in [2.45, 2.75) is 33.2 Å². The summed E-state index contributed by atoms with van der Waals surface area (Å²) >= 11 is 1.26. The molecule has 1 amide bonds. The first-order valence-corrected chi connectivity index (χ1v) is 13.9. The van der Waals surface area contributed by atoms with Gasteiger partial charge in [-0.25, -0.2) is 4.98 Å². The van der Waals surface area contributed by atoms with E-state index in [1.54, 1.807) is 30.0 Å². The predicted molar refractivity (Wildman–Crippen MR) is 153 cm³/mol. The number of Topliss-reactive ketones (excluding diaryl/α,β-unsaturated/α-hetero) is 1. The van der Waals surface area contributed by atoms with Crippen LogP contribution in [-0.4, -0.2) is 72.0 Å². The van der Waals surface area contributed by atoms with E-state index >= 15 is 0 Å². The average molecular weight is 550 g/mol. The van der Waals surface area contributed by atoms with Gasteiger partial charge in [-0.15, -0.1) is 11.3 Å². The molecule has 1 aliphatic rings. The zero-order valence-electron chi connectivity index (χ0n) is 23.1. The van der Waals surface area contributed by atoms with Crippen molar-refractivity contribution in [1.82, 2.24) is 14.8 Å². The molecule has 4 rings (SSSR count). The molecule has 0 aliphatic carbocycles. The van der Waals surface area contributed by atoms with Crippen LogP contribution in [0.5, 0.6) is 11.5 Å². The summed E-state index contributed by atoms with van der Waals surface area (Å²) in [5.41, 5.74) is 2.05. The molecule has 0 fully saturated rings. The van der Waals surface area contributed by atoms with Crippen LogP contribution in [0.3, 0.4) is 0 Å². The second-order valence-electron chi connectivity index (χ2n) is 9.26. The third-order valence-electron chi connectivity index (χ3n) is 7.07. The van der Waals surface area contributed by atoms with Gasteiger partial charge in [0.2, 0.25) is 5.78 Å². The van der Waals surface area contributed by atoms with Crippen molar-refractivity contribution in [3.8, 4) is 22.1 Å². The van der Waals surface area contributed by atoms with Crippen molar-refractivity contribution in [1.29, 1.82) is 0 Å². The Balaban J connectivity index is 1.78. The second kappa shape index (κ2) is 12.4. The summed E-state index contributed by atoms with van der Waals surface area (Å²) in [6, 6.07) is 14.1. The lowest BCUT2D eigenvalue weighted by atomic mass is 9.94. The largest absolute Gasteiger partial charge is 0.503 e. The van der Waals surface area contributed by atoms with Gasteiger partial charge in [-0.1, -0.05) is 56.3 Å². The first-order valence-electron chi connectivity index (χ1n) is 13.1. The lowest BCUT2D eigenvalue weighted by Crippen LogP contribution is -2.34. The molecule has 8 nitrogen and oxygen atoms in total. The van der Waals surface area contributed by atoms with Gasteiger partial charge in [0.05, 0.1) is 36.4 Å². The van der Waals surface area contributed by atoms with E-state index in [2.05, 4.69) is 23.7 Å². The van der Waals surface area contributed by atoms with Crippen LogP contribution < -0.4 is 9.47 Å². The van der Waals surface area contributed by atoms with Gasteiger partial charge in [-0.2, -0.15) is 0 Å². The van der Waals surface area contributed by atoms with Crippen LogP contribution in [0.2, 0.25) is 0 Å². The van der Waals surface area contributed by atoms with Gasteiger partial charge >= 0.3 is 0 Å². The number of ether oxygens (including phenoxy) is 2. The van der Waals surface area contributed by atoms with E-state index in [9.17, 15) is 14.7 Å². The zero-order chi connectivity index (χ0) is 28.1. The number of aromatic nitrogens is 1. The predicted octanol–water partition coefficient (Wildman–Crippen LogP) is 5.45. The van der Waals surface area contributed by atoms with Gasteiger partial charge in [0.1, 0.15) is 5.01 Å². The highest BCUT2D eigenvalue weighted by Gasteiger charge is 2.45. The number of aryl methyl sites for hydroxylation is 1. The van der Waals surface area contributed by atoms with E-state index < -0.39 is 23.5 Å². The Bertz CT molecular complexity index is 1360. The molecular weight excluding hydrogens is 514 g/mol. The van der Waals surface area contributed by atoms with Gasteiger partial charge in [-0.05, 0) is 39.0 Å². The number of ketones is 1. The summed E-state index contributed by atoms with van der Waals surface area (Å²) in [5.74, 6) is -0.634. The molecule has 2 heterocycles. The monoisotopic (exact) mass is 549 g/mol. The number of thiazole rings is 1. The van der Waals surface area contributed by atoms with E-state index in [0.29, 0.717) is 45.6 Å². The molecule has 3 aromatic rings. The average Bonchev–Trinajstić information content (AvgIpc) is 3.47. The Labute approximate surface area is 233 Å². The molecule has 0 spiro atoms. The van der Waals surface area contributed by atoms with E-state index in [4.69, 9.17) is 9.47 Å². The molecule has 0 saturated heterocycles. The minimum absolute atomic E-state index is 0.0285. The van der Waals surface area contributed by atoms with Crippen molar-refractivity contribution < 1.29 is 24.2 Å². The molecule has 1 aromatic heterocycles. The Morgan fingerprint density at radius 1 is 1.08 bits per heavy atom. The van der Waals surface area contributed by atoms with E-state index in [-0.39, 0.29) is 5.57 Å². The summed E-state index contributed by atoms with van der Waals surface area (Å²) < 4.78 is 11.2. The maximum atomic E-state index is 14.1. The van der Waals surface area contributed by atoms with Crippen LogP contribution in [0.1, 0.15) is 47.2 Å². The van der Waals surface area contributed by atoms with Gasteiger partial charge in [0.25, 0.3) is 5.91 Å². The molecule has 9 heteroatoms.